The maximum absolute atomic E-state index is 15.2. The molecule has 7 nitrogen and oxygen atoms in total. The fraction of sp³-hybridized carbons (Fsp3) is 0.423. The van der Waals surface area contributed by atoms with Crippen LogP contribution < -0.4 is 14.8 Å². The van der Waals surface area contributed by atoms with Crippen molar-refractivity contribution in [2.45, 2.75) is 57.1 Å². The second-order valence-corrected chi connectivity index (χ2v) is 10.2. The number of benzene rings is 2. The van der Waals surface area contributed by atoms with Crippen LogP contribution in [0, 0.1) is 5.82 Å². The number of halogens is 1. The molecule has 186 valence electrons. The third kappa shape index (κ3) is 3.80. The molecule has 1 aliphatic carbocycles. The van der Waals surface area contributed by atoms with E-state index < -0.39 is 17.3 Å². The van der Waals surface area contributed by atoms with Crippen LogP contribution in [0.15, 0.2) is 36.4 Å². The van der Waals surface area contributed by atoms with Crippen LogP contribution in [0.5, 0.6) is 11.5 Å². The number of fused-ring (bicyclic) bond motifs is 2. The van der Waals surface area contributed by atoms with Crippen molar-refractivity contribution in [1.82, 2.24) is 4.57 Å². The van der Waals surface area contributed by atoms with Crippen LogP contribution in [0.3, 0.4) is 0 Å². The van der Waals surface area contributed by atoms with E-state index in [9.17, 15) is 15.0 Å². The first kappa shape index (κ1) is 22.7. The van der Waals surface area contributed by atoms with E-state index in [1.54, 1.807) is 12.1 Å². The standard InChI is InChI=1S/C26H29FN2O5.3H2/c1-25(2,3)23-9-15-8-19(18(27)11-20(15)29(23)12-17(31)13-30)28-24(32)26(6-7-26)16-4-5-21-22(10-16)34-14-33-21;;;/h4-5,8-11,17,30-31H,6-7,12-14H2,1-3H3,(H,28,32);3*1H. The third-order valence-electron chi connectivity index (χ3n) is 6.72. The van der Waals surface area contributed by atoms with Gasteiger partial charge in [-0.3, -0.25) is 4.79 Å². The zero-order valence-electron chi connectivity index (χ0n) is 19.5. The van der Waals surface area contributed by atoms with Gasteiger partial charge in [-0.15, -0.1) is 0 Å². The van der Waals surface area contributed by atoms with Crippen LogP contribution in [-0.2, 0) is 22.2 Å². The third-order valence-corrected chi connectivity index (χ3v) is 6.72. The van der Waals surface area contributed by atoms with Crippen molar-refractivity contribution in [3.05, 3.63) is 53.5 Å². The summed E-state index contributed by atoms with van der Waals surface area (Å²) in [6.07, 6.45) is 0.383. The number of hydrogen-bond donors (Lipinski definition) is 3. The van der Waals surface area contributed by atoms with Crippen LogP contribution in [-0.4, -0.2) is 40.2 Å². The molecule has 1 aromatic heterocycles. The quantitative estimate of drug-likeness (QED) is 0.487. The topological polar surface area (TPSA) is 93.0 Å². The first-order chi connectivity index (χ1) is 16.1. The van der Waals surface area contributed by atoms with E-state index in [0.717, 1.165) is 16.6 Å². The van der Waals surface area contributed by atoms with Crippen molar-refractivity contribution < 1.29 is 33.2 Å². The number of ether oxygens (including phenoxy) is 2. The monoisotopic (exact) mass is 474 g/mol. The van der Waals surface area contributed by atoms with E-state index in [2.05, 4.69) is 5.32 Å². The molecule has 1 amide bonds. The normalized spacial score (nSPS) is 17.1. The van der Waals surface area contributed by atoms with Gasteiger partial charge in [0.25, 0.3) is 0 Å². The summed E-state index contributed by atoms with van der Waals surface area (Å²) in [5.74, 6) is 0.462. The van der Waals surface area contributed by atoms with Crippen molar-refractivity contribution in [3.63, 3.8) is 0 Å². The molecule has 0 spiro atoms. The highest BCUT2D eigenvalue weighted by Gasteiger charge is 2.52. The van der Waals surface area contributed by atoms with Crippen molar-refractivity contribution in [2.24, 2.45) is 0 Å². The van der Waals surface area contributed by atoms with Crippen molar-refractivity contribution in [1.29, 1.82) is 0 Å². The number of carbonyl (C=O) groups excluding carboxylic acids is 1. The molecule has 1 unspecified atom stereocenters. The first-order valence-electron chi connectivity index (χ1n) is 11.5. The van der Waals surface area contributed by atoms with Gasteiger partial charge in [0.05, 0.1) is 35.9 Å². The lowest BCUT2D eigenvalue weighted by molar-refractivity contribution is -0.118. The molecule has 1 fully saturated rings. The van der Waals surface area contributed by atoms with Crippen LogP contribution >= 0.6 is 0 Å². The second-order valence-electron chi connectivity index (χ2n) is 10.2. The fourth-order valence-electron chi connectivity index (χ4n) is 4.67. The Morgan fingerprint density at radius 1 is 1.21 bits per heavy atom. The van der Waals surface area contributed by atoms with Crippen LogP contribution in [0.2, 0.25) is 0 Å². The molecule has 3 N–H and O–H groups in total. The Bertz CT molecular complexity index is 1290. The molecule has 0 bridgehead atoms. The van der Waals surface area contributed by atoms with E-state index in [-0.39, 0.29) is 41.2 Å². The summed E-state index contributed by atoms with van der Waals surface area (Å²) in [4.78, 5) is 13.3. The summed E-state index contributed by atoms with van der Waals surface area (Å²) in [5, 5.41) is 22.9. The van der Waals surface area contributed by atoms with E-state index >= 15 is 4.39 Å². The smallest absolute Gasteiger partial charge is 0.235 e. The molecule has 1 aliphatic heterocycles. The highest BCUT2D eigenvalue weighted by atomic mass is 19.1. The predicted molar refractivity (Wildman–Crippen MR) is 132 cm³/mol. The maximum Gasteiger partial charge on any atom is 0.235 e. The molecule has 0 saturated heterocycles. The maximum atomic E-state index is 15.2. The van der Waals surface area contributed by atoms with Crippen LogP contribution in [0.1, 0.15) is 49.2 Å². The van der Waals surface area contributed by atoms with Gasteiger partial charge in [-0.2, -0.15) is 0 Å². The van der Waals surface area contributed by atoms with Crippen LogP contribution in [0.4, 0.5) is 10.1 Å². The van der Waals surface area contributed by atoms with Crippen molar-refractivity contribution >= 4 is 22.5 Å². The van der Waals surface area contributed by atoms with Gasteiger partial charge in [-0.1, -0.05) is 26.8 Å². The van der Waals surface area contributed by atoms with Crippen molar-refractivity contribution in [3.8, 4) is 11.5 Å². The lowest BCUT2D eigenvalue weighted by Crippen LogP contribution is -2.28. The molecular weight excluding hydrogens is 439 g/mol. The number of nitrogens with zero attached hydrogens (tertiary/aromatic N) is 1. The Hall–Kier alpha value is -3.10. The summed E-state index contributed by atoms with van der Waals surface area (Å²) in [7, 11) is 0. The minimum Gasteiger partial charge on any atom is -0.454 e. The molecule has 2 heterocycles. The van der Waals surface area contributed by atoms with Gasteiger partial charge in [-0.05, 0) is 42.7 Å². The SMILES string of the molecule is CC(C)(C)c1cc2cc(NC(=O)C3(c4ccc5c(c4)OCO5)CC3)c(F)cc2n1CC(O)CO.[HH].[HH].[HH]. The number of anilines is 1. The molecule has 1 saturated carbocycles. The second kappa shape index (κ2) is 7.99. The number of aromatic nitrogens is 1. The number of aliphatic hydroxyl groups excluding tert-OH is 2. The molecular formula is C26H35FN2O5. The number of nitrogens with one attached hydrogen (secondary N) is 1. The number of hydrogen-bond acceptors (Lipinski definition) is 5. The average Bonchev–Trinajstić information content (AvgIpc) is 3.35. The van der Waals surface area contributed by atoms with Crippen LogP contribution in [0.25, 0.3) is 10.9 Å². The Morgan fingerprint density at radius 2 is 1.94 bits per heavy atom. The Balaban J connectivity index is 0.00000160. The Morgan fingerprint density at radius 3 is 2.62 bits per heavy atom. The van der Waals surface area contributed by atoms with Crippen molar-refractivity contribution in [2.75, 3.05) is 18.7 Å². The summed E-state index contributed by atoms with van der Waals surface area (Å²) < 4.78 is 27.8. The van der Waals surface area contributed by atoms with E-state index in [4.69, 9.17) is 9.47 Å². The fourth-order valence-corrected chi connectivity index (χ4v) is 4.67. The summed E-state index contributed by atoms with van der Waals surface area (Å²) in [6, 6.07) is 10.5. The molecule has 2 aromatic carbocycles. The van der Waals surface area contributed by atoms with Gasteiger partial charge in [-0.25, -0.2) is 4.39 Å². The highest BCUT2D eigenvalue weighted by Crippen LogP contribution is 2.51. The Labute approximate surface area is 201 Å². The van der Waals surface area contributed by atoms with E-state index in [1.165, 1.54) is 6.07 Å². The molecule has 1 atom stereocenters. The highest BCUT2D eigenvalue weighted by molar-refractivity contribution is 6.02. The first-order valence-corrected chi connectivity index (χ1v) is 11.5. The average molecular weight is 475 g/mol. The Kier molecular flexibility index (Phi) is 5.33. The minimum absolute atomic E-state index is 0. The molecule has 3 aromatic rings. The minimum atomic E-state index is -0.962. The van der Waals surface area contributed by atoms with E-state index in [0.29, 0.717) is 29.9 Å². The molecule has 5 rings (SSSR count). The summed E-state index contributed by atoms with van der Waals surface area (Å²) in [5.41, 5.74) is 1.46. The number of rotatable bonds is 6. The van der Waals surface area contributed by atoms with Gasteiger partial charge in [0, 0.05) is 26.8 Å². The largest absolute Gasteiger partial charge is 0.454 e. The van der Waals surface area contributed by atoms with Gasteiger partial charge >= 0.3 is 0 Å². The lowest BCUT2D eigenvalue weighted by atomic mass is 9.92. The van der Waals surface area contributed by atoms with E-state index in [1.807, 2.05) is 43.5 Å². The van der Waals surface area contributed by atoms with Gasteiger partial charge in [0.2, 0.25) is 12.7 Å². The molecule has 2 aliphatic rings. The number of carbonyl (C=O) groups is 1. The molecule has 0 radical (unpaired) electrons. The molecule has 8 heteroatoms. The number of aliphatic hydroxyl groups is 2. The lowest BCUT2D eigenvalue weighted by Gasteiger charge is -2.23. The van der Waals surface area contributed by atoms with Gasteiger partial charge in [0.15, 0.2) is 11.5 Å². The zero-order chi connectivity index (χ0) is 24.3. The molecule has 34 heavy (non-hydrogen) atoms. The van der Waals surface area contributed by atoms with Gasteiger partial charge < -0.3 is 29.6 Å². The predicted octanol–water partition coefficient (Wildman–Crippen LogP) is 4.57. The number of amides is 1. The zero-order valence-corrected chi connectivity index (χ0v) is 19.5. The summed E-state index contributed by atoms with van der Waals surface area (Å²) in [6.45, 7) is 6.01. The summed E-state index contributed by atoms with van der Waals surface area (Å²) >= 11 is 0. The van der Waals surface area contributed by atoms with Gasteiger partial charge in [0.1, 0.15) is 5.82 Å².